The zero-order chi connectivity index (χ0) is 13.3. The van der Waals surface area contributed by atoms with Gasteiger partial charge in [-0.1, -0.05) is 23.2 Å². The lowest BCUT2D eigenvalue weighted by molar-refractivity contribution is 0.0691. The van der Waals surface area contributed by atoms with E-state index in [9.17, 15) is 9.18 Å². The van der Waals surface area contributed by atoms with Crippen molar-refractivity contribution in [2.45, 2.75) is 0 Å². The highest BCUT2D eigenvalue weighted by molar-refractivity contribution is 6.36. The number of hydrogen-bond donors (Lipinski definition) is 1. The van der Waals surface area contributed by atoms with Crippen molar-refractivity contribution < 1.29 is 14.3 Å². The molecule has 0 unspecified atom stereocenters. The maximum absolute atomic E-state index is 13.4. The smallest absolute Gasteiger partial charge is 0.340 e. The third kappa shape index (κ3) is 2.44. The van der Waals surface area contributed by atoms with Crippen molar-refractivity contribution >= 4 is 29.2 Å². The van der Waals surface area contributed by atoms with Crippen molar-refractivity contribution in [3.8, 4) is 11.3 Å². The van der Waals surface area contributed by atoms with E-state index in [0.717, 1.165) is 6.07 Å². The molecule has 0 spiro atoms. The first-order valence-corrected chi connectivity index (χ1v) is 5.60. The largest absolute Gasteiger partial charge is 0.478 e. The predicted molar refractivity (Wildman–Crippen MR) is 66.6 cm³/mol. The Labute approximate surface area is 112 Å². The Hall–Kier alpha value is -1.65. The van der Waals surface area contributed by atoms with Crippen molar-refractivity contribution in [3.63, 3.8) is 0 Å². The topological polar surface area (TPSA) is 50.2 Å². The molecule has 6 heteroatoms. The molecule has 92 valence electrons. The number of benzene rings is 1. The minimum Gasteiger partial charge on any atom is -0.478 e. The van der Waals surface area contributed by atoms with Crippen LogP contribution in [0.15, 0.2) is 30.3 Å². The molecule has 0 fully saturated rings. The van der Waals surface area contributed by atoms with E-state index in [2.05, 4.69) is 4.98 Å². The summed E-state index contributed by atoms with van der Waals surface area (Å²) in [5, 5.41) is 9.46. The highest BCUT2D eigenvalue weighted by atomic mass is 35.5. The third-order valence-corrected chi connectivity index (χ3v) is 2.83. The van der Waals surface area contributed by atoms with E-state index in [1.807, 2.05) is 0 Å². The molecule has 0 aliphatic rings. The number of rotatable bonds is 2. The van der Waals surface area contributed by atoms with Gasteiger partial charge >= 0.3 is 5.97 Å². The molecule has 0 atom stereocenters. The van der Waals surface area contributed by atoms with Crippen LogP contribution in [0.1, 0.15) is 10.4 Å². The number of aromatic nitrogens is 1. The maximum Gasteiger partial charge on any atom is 0.340 e. The molecule has 1 heterocycles. The molecule has 1 aromatic heterocycles. The number of carbonyl (C=O) groups is 1. The fraction of sp³-hybridized carbons (Fsp3) is 0. The van der Waals surface area contributed by atoms with Crippen molar-refractivity contribution in [2.75, 3.05) is 0 Å². The van der Waals surface area contributed by atoms with E-state index in [0.29, 0.717) is 15.6 Å². The lowest BCUT2D eigenvalue weighted by atomic mass is 10.1. The number of hydrogen-bond acceptors (Lipinski definition) is 2. The number of nitrogens with zero attached hydrogens (tertiary/aromatic N) is 1. The zero-order valence-corrected chi connectivity index (χ0v) is 10.3. The molecule has 0 saturated carbocycles. The predicted octanol–water partition coefficient (Wildman–Crippen LogP) is 3.89. The number of carboxylic acid groups (broad SMARTS) is 1. The molecule has 1 aromatic carbocycles. The molecule has 0 radical (unpaired) electrons. The summed E-state index contributed by atoms with van der Waals surface area (Å²) in [5.74, 6) is -2.42. The van der Waals surface area contributed by atoms with Gasteiger partial charge in [0, 0.05) is 10.6 Å². The number of halogens is 3. The van der Waals surface area contributed by atoms with Crippen molar-refractivity contribution in [2.24, 2.45) is 0 Å². The van der Waals surface area contributed by atoms with Crippen LogP contribution >= 0.6 is 23.2 Å². The van der Waals surface area contributed by atoms with Crippen molar-refractivity contribution in [1.29, 1.82) is 0 Å². The number of carboxylic acids is 1. The molecule has 2 rings (SSSR count). The summed E-state index contributed by atoms with van der Waals surface area (Å²) in [6.45, 7) is 0. The molecule has 1 N–H and O–H groups in total. The van der Waals surface area contributed by atoms with E-state index >= 15 is 0 Å². The van der Waals surface area contributed by atoms with Crippen molar-refractivity contribution in [1.82, 2.24) is 4.98 Å². The van der Waals surface area contributed by atoms with E-state index in [1.165, 1.54) is 12.1 Å². The SMILES string of the molecule is O=C(O)c1ccc(-c2ccc(Cl)cc2Cl)nc1F. The van der Waals surface area contributed by atoms with Crippen LogP contribution in [0.25, 0.3) is 11.3 Å². The second-order valence-corrected chi connectivity index (χ2v) is 4.31. The summed E-state index contributed by atoms with van der Waals surface area (Å²) in [6, 6.07) is 7.22. The van der Waals surface area contributed by atoms with Crippen LogP contribution in [-0.4, -0.2) is 16.1 Å². The van der Waals surface area contributed by atoms with E-state index in [4.69, 9.17) is 28.3 Å². The summed E-state index contributed by atoms with van der Waals surface area (Å²) in [4.78, 5) is 14.2. The fourth-order valence-electron chi connectivity index (χ4n) is 1.44. The van der Waals surface area contributed by atoms with Crippen LogP contribution < -0.4 is 0 Å². The summed E-state index contributed by atoms with van der Waals surface area (Å²) >= 11 is 11.7. The molecular formula is C12H6Cl2FNO2. The Morgan fingerprint density at radius 2 is 1.94 bits per heavy atom. The Kier molecular flexibility index (Phi) is 3.50. The lowest BCUT2D eigenvalue weighted by Gasteiger charge is -2.05. The Morgan fingerprint density at radius 3 is 2.50 bits per heavy atom. The van der Waals surface area contributed by atoms with Gasteiger partial charge in [-0.2, -0.15) is 4.39 Å². The van der Waals surface area contributed by atoms with Gasteiger partial charge in [0.15, 0.2) is 0 Å². The summed E-state index contributed by atoms with van der Waals surface area (Å²) in [5.41, 5.74) is 0.250. The second-order valence-electron chi connectivity index (χ2n) is 3.46. The molecule has 0 bridgehead atoms. The van der Waals surface area contributed by atoms with Crippen LogP contribution in [0.2, 0.25) is 10.0 Å². The molecule has 3 nitrogen and oxygen atoms in total. The van der Waals surface area contributed by atoms with Gasteiger partial charge in [-0.25, -0.2) is 9.78 Å². The first-order valence-electron chi connectivity index (χ1n) is 4.84. The highest BCUT2D eigenvalue weighted by Crippen LogP contribution is 2.29. The molecule has 0 aliphatic heterocycles. The Balaban J connectivity index is 2.52. The van der Waals surface area contributed by atoms with Gasteiger partial charge in [0.1, 0.15) is 5.56 Å². The van der Waals surface area contributed by atoms with Crippen LogP contribution in [0.5, 0.6) is 0 Å². The van der Waals surface area contributed by atoms with Gasteiger partial charge in [0.2, 0.25) is 5.95 Å². The molecule has 0 aliphatic carbocycles. The van der Waals surface area contributed by atoms with Gasteiger partial charge in [-0.05, 0) is 30.3 Å². The van der Waals surface area contributed by atoms with Gasteiger partial charge in [-0.3, -0.25) is 0 Å². The van der Waals surface area contributed by atoms with Gasteiger partial charge in [0.05, 0.1) is 10.7 Å². The maximum atomic E-state index is 13.4. The van der Waals surface area contributed by atoms with E-state index in [-0.39, 0.29) is 5.69 Å². The fourth-order valence-corrected chi connectivity index (χ4v) is 1.95. The van der Waals surface area contributed by atoms with Crippen LogP contribution in [0, 0.1) is 5.95 Å². The molecule has 18 heavy (non-hydrogen) atoms. The molecule has 0 amide bonds. The minimum atomic E-state index is -1.37. The van der Waals surface area contributed by atoms with Gasteiger partial charge in [0.25, 0.3) is 0 Å². The normalized spacial score (nSPS) is 10.4. The second kappa shape index (κ2) is 4.92. The summed E-state index contributed by atoms with van der Waals surface area (Å²) in [6.07, 6.45) is 0. The van der Waals surface area contributed by atoms with Gasteiger partial charge in [-0.15, -0.1) is 0 Å². The first kappa shape index (κ1) is 12.8. The zero-order valence-electron chi connectivity index (χ0n) is 8.82. The van der Waals surface area contributed by atoms with Gasteiger partial charge < -0.3 is 5.11 Å². The van der Waals surface area contributed by atoms with Crippen molar-refractivity contribution in [3.05, 3.63) is 51.9 Å². The molecule has 0 saturated heterocycles. The number of aromatic carboxylic acids is 1. The van der Waals surface area contributed by atoms with Crippen LogP contribution in [-0.2, 0) is 0 Å². The molecular weight excluding hydrogens is 280 g/mol. The Morgan fingerprint density at radius 1 is 1.22 bits per heavy atom. The van der Waals surface area contributed by atoms with Crippen LogP contribution in [0.4, 0.5) is 4.39 Å². The van der Waals surface area contributed by atoms with E-state index < -0.39 is 17.5 Å². The monoisotopic (exact) mass is 285 g/mol. The Bertz CT molecular complexity index is 631. The highest BCUT2D eigenvalue weighted by Gasteiger charge is 2.14. The average molecular weight is 286 g/mol. The quantitative estimate of drug-likeness (QED) is 0.852. The standard InChI is InChI=1S/C12H6Cl2FNO2/c13-6-1-2-7(9(14)5-6)10-4-3-8(12(17)18)11(15)16-10/h1-5H,(H,17,18). The summed E-state index contributed by atoms with van der Waals surface area (Å²) < 4.78 is 13.4. The minimum absolute atomic E-state index is 0.249. The number of pyridine rings is 1. The van der Waals surface area contributed by atoms with Crippen LogP contribution in [0.3, 0.4) is 0 Å². The molecule has 2 aromatic rings. The van der Waals surface area contributed by atoms with E-state index in [1.54, 1.807) is 12.1 Å². The summed E-state index contributed by atoms with van der Waals surface area (Å²) in [7, 11) is 0. The first-order chi connectivity index (χ1) is 8.49. The average Bonchev–Trinajstić information content (AvgIpc) is 2.28. The third-order valence-electron chi connectivity index (χ3n) is 2.29. The lowest BCUT2D eigenvalue weighted by Crippen LogP contribution is -2.03.